The van der Waals surface area contributed by atoms with E-state index in [1.165, 1.54) is 6.07 Å². The lowest BCUT2D eigenvalue weighted by Crippen LogP contribution is -2.28. The highest BCUT2D eigenvalue weighted by molar-refractivity contribution is 9.10. The van der Waals surface area contributed by atoms with Gasteiger partial charge < -0.3 is 10.1 Å². The van der Waals surface area contributed by atoms with Gasteiger partial charge in [-0.25, -0.2) is 0 Å². The lowest BCUT2D eigenvalue weighted by atomic mass is 9.99. The molecule has 0 aliphatic carbocycles. The third-order valence-electron chi connectivity index (χ3n) is 3.71. The molecule has 1 aromatic rings. The second kappa shape index (κ2) is 7.15. The van der Waals surface area contributed by atoms with Crippen LogP contribution in [0.25, 0.3) is 0 Å². The third-order valence-corrected chi connectivity index (χ3v) is 4.20. The van der Waals surface area contributed by atoms with Crippen molar-refractivity contribution in [3.63, 3.8) is 0 Å². The molecule has 20 heavy (non-hydrogen) atoms. The van der Waals surface area contributed by atoms with E-state index in [1.807, 2.05) is 0 Å². The molecule has 110 valence electrons. The molecular weight excluding hydrogens is 324 g/mol. The fourth-order valence-electron chi connectivity index (χ4n) is 2.64. The quantitative estimate of drug-likeness (QED) is 0.636. The average Bonchev–Trinajstić information content (AvgIpc) is 2.86. The van der Waals surface area contributed by atoms with Crippen LogP contribution in [0.2, 0.25) is 0 Å². The number of nitrogens with zero attached hydrogens (tertiary/aromatic N) is 1. The number of nitro groups is 1. The summed E-state index contributed by atoms with van der Waals surface area (Å²) in [5.41, 5.74) is 0.867. The Morgan fingerprint density at radius 2 is 2.35 bits per heavy atom. The lowest BCUT2D eigenvalue weighted by Gasteiger charge is -2.17. The molecule has 1 aliphatic rings. The third kappa shape index (κ3) is 3.77. The number of hydrogen-bond acceptors (Lipinski definition) is 4. The summed E-state index contributed by atoms with van der Waals surface area (Å²) in [6, 6.07) is 5.03. The van der Waals surface area contributed by atoms with Gasteiger partial charge in [0.2, 0.25) is 0 Å². The zero-order valence-corrected chi connectivity index (χ0v) is 13.1. The molecule has 2 rings (SSSR count). The topological polar surface area (TPSA) is 64.4 Å². The molecule has 0 saturated carbocycles. The van der Waals surface area contributed by atoms with Gasteiger partial charge in [0.25, 0.3) is 5.69 Å². The predicted molar refractivity (Wildman–Crippen MR) is 80.6 cm³/mol. The Balaban J connectivity index is 1.93. The van der Waals surface area contributed by atoms with E-state index in [-0.39, 0.29) is 10.6 Å². The Morgan fingerprint density at radius 1 is 1.55 bits per heavy atom. The SMILES string of the molecule is CCC1OCCC1CNCc1cc(Br)ccc1[N+](=O)[O-]. The van der Waals surface area contributed by atoms with Gasteiger partial charge in [0.15, 0.2) is 0 Å². The van der Waals surface area contributed by atoms with Crippen molar-refractivity contribution >= 4 is 21.6 Å². The lowest BCUT2D eigenvalue weighted by molar-refractivity contribution is -0.385. The van der Waals surface area contributed by atoms with Crippen LogP contribution in [0.3, 0.4) is 0 Å². The van der Waals surface area contributed by atoms with Crippen LogP contribution in [-0.4, -0.2) is 24.2 Å². The Bertz CT molecular complexity index is 481. The minimum atomic E-state index is -0.336. The summed E-state index contributed by atoms with van der Waals surface area (Å²) < 4.78 is 6.50. The van der Waals surface area contributed by atoms with Gasteiger partial charge >= 0.3 is 0 Å². The standard InChI is InChI=1S/C14H19BrN2O3/c1-2-14-10(5-6-20-14)8-16-9-11-7-12(15)3-4-13(11)17(18)19/h3-4,7,10,14,16H,2,5-6,8-9H2,1H3. The summed E-state index contributed by atoms with van der Waals surface area (Å²) in [6.45, 7) is 4.29. The first-order valence-electron chi connectivity index (χ1n) is 6.87. The minimum absolute atomic E-state index is 0.162. The maximum atomic E-state index is 11.0. The van der Waals surface area contributed by atoms with E-state index in [1.54, 1.807) is 12.1 Å². The fourth-order valence-corrected chi connectivity index (χ4v) is 3.05. The van der Waals surface area contributed by atoms with Crippen LogP contribution in [-0.2, 0) is 11.3 Å². The summed E-state index contributed by atoms with van der Waals surface area (Å²) >= 11 is 3.35. The maximum Gasteiger partial charge on any atom is 0.273 e. The van der Waals surface area contributed by atoms with E-state index in [0.29, 0.717) is 24.1 Å². The van der Waals surface area contributed by atoms with Crippen LogP contribution in [0.1, 0.15) is 25.3 Å². The molecule has 1 N–H and O–H groups in total. The minimum Gasteiger partial charge on any atom is -0.378 e. The molecule has 0 aromatic heterocycles. The fraction of sp³-hybridized carbons (Fsp3) is 0.571. The first-order chi connectivity index (χ1) is 9.61. The van der Waals surface area contributed by atoms with Crippen molar-refractivity contribution in [2.24, 2.45) is 5.92 Å². The van der Waals surface area contributed by atoms with Gasteiger partial charge in [-0.1, -0.05) is 22.9 Å². The van der Waals surface area contributed by atoms with E-state index in [9.17, 15) is 10.1 Å². The summed E-state index contributed by atoms with van der Waals surface area (Å²) in [5, 5.41) is 14.3. The van der Waals surface area contributed by atoms with Gasteiger partial charge in [0.05, 0.1) is 11.0 Å². The molecule has 1 fully saturated rings. The predicted octanol–water partition coefficient (Wildman–Crippen LogP) is 3.26. The molecule has 2 atom stereocenters. The Labute approximate surface area is 127 Å². The van der Waals surface area contributed by atoms with Gasteiger partial charge in [-0.05, 0) is 30.9 Å². The van der Waals surface area contributed by atoms with Gasteiger partial charge in [-0.3, -0.25) is 10.1 Å². The zero-order valence-electron chi connectivity index (χ0n) is 11.5. The number of benzene rings is 1. The van der Waals surface area contributed by atoms with Crippen molar-refractivity contribution in [2.75, 3.05) is 13.2 Å². The number of nitro benzene ring substituents is 1. The summed E-state index contributed by atoms with van der Waals surface area (Å²) in [4.78, 5) is 10.7. The van der Waals surface area contributed by atoms with E-state index in [2.05, 4.69) is 28.2 Å². The number of nitrogens with one attached hydrogen (secondary N) is 1. The van der Waals surface area contributed by atoms with Crippen molar-refractivity contribution in [2.45, 2.75) is 32.4 Å². The highest BCUT2D eigenvalue weighted by Crippen LogP contribution is 2.24. The van der Waals surface area contributed by atoms with Crippen LogP contribution < -0.4 is 5.32 Å². The molecule has 1 saturated heterocycles. The summed E-state index contributed by atoms with van der Waals surface area (Å²) in [7, 11) is 0. The first kappa shape index (κ1) is 15.4. The molecule has 5 nitrogen and oxygen atoms in total. The van der Waals surface area contributed by atoms with Crippen LogP contribution in [0.15, 0.2) is 22.7 Å². The number of hydrogen-bond donors (Lipinski definition) is 1. The summed E-state index contributed by atoms with van der Waals surface area (Å²) in [5.74, 6) is 0.506. The van der Waals surface area contributed by atoms with Crippen molar-refractivity contribution in [1.82, 2.24) is 5.32 Å². The molecule has 0 spiro atoms. The van der Waals surface area contributed by atoms with E-state index >= 15 is 0 Å². The Kier molecular flexibility index (Phi) is 5.51. The first-order valence-corrected chi connectivity index (χ1v) is 7.66. The zero-order chi connectivity index (χ0) is 14.5. The number of ether oxygens (including phenoxy) is 1. The van der Waals surface area contributed by atoms with Gasteiger partial charge in [0.1, 0.15) is 0 Å². The number of rotatable bonds is 6. The Hall–Kier alpha value is -0.980. The van der Waals surface area contributed by atoms with Crippen LogP contribution >= 0.6 is 15.9 Å². The van der Waals surface area contributed by atoms with Crippen molar-refractivity contribution in [3.8, 4) is 0 Å². The molecule has 2 unspecified atom stereocenters. The molecule has 1 heterocycles. The van der Waals surface area contributed by atoms with Crippen LogP contribution in [0.5, 0.6) is 0 Å². The molecule has 0 radical (unpaired) electrons. The second-order valence-corrected chi connectivity index (χ2v) is 5.94. The van der Waals surface area contributed by atoms with Crippen LogP contribution in [0.4, 0.5) is 5.69 Å². The molecule has 0 amide bonds. The van der Waals surface area contributed by atoms with Gasteiger partial charge in [-0.2, -0.15) is 0 Å². The summed E-state index contributed by atoms with van der Waals surface area (Å²) in [6.07, 6.45) is 2.40. The normalized spacial score (nSPS) is 22.1. The maximum absolute atomic E-state index is 11.0. The van der Waals surface area contributed by atoms with Crippen molar-refractivity contribution in [1.29, 1.82) is 0 Å². The molecule has 1 aromatic carbocycles. The average molecular weight is 343 g/mol. The molecular formula is C14H19BrN2O3. The smallest absolute Gasteiger partial charge is 0.273 e. The van der Waals surface area contributed by atoms with Gasteiger partial charge in [0, 0.05) is 35.8 Å². The Morgan fingerprint density at radius 3 is 3.05 bits per heavy atom. The highest BCUT2D eigenvalue weighted by atomic mass is 79.9. The number of halogens is 1. The van der Waals surface area contributed by atoms with Crippen molar-refractivity contribution < 1.29 is 9.66 Å². The van der Waals surface area contributed by atoms with Crippen molar-refractivity contribution in [3.05, 3.63) is 38.3 Å². The van der Waals surface area contributed by atoms with Gasteiger partial charge in [-0.15, -0.1) is 0 Å². The van der Waals surface area contributed by atoms with E-state index in [0.717, 1.165) is 30.5 Å². The molecule has 6 heteroatoms. The monoisotopic (exact) mass is 342 g/mol. The second-order valence-electron chi connectivity index (χ2n) is 5.03. The molecule has 0 bridgehead atoms. The highest BCUT2D eigenvalue weighted by Gasteiger charge is 2.26. The molecule has 1 aliphatic heterocycles. The largest absolute Gasteiger partial charge is 0.378 e. The van der Waals surface area contributed by atoms with E-state index in [4.69, 9.17) is 4.74 Å². The van der Waals surface area contributed by atoms with Crippen LogP contribution in [0, 0.1) is 16.0 Å². The van der Waals surface area contributed by atoms with E-state index < -0.39 is 0 Å².